The predicted octanol–water partition coefficient (Wildman–Crippen LogP) is 1.96. The zero-order valence-electron chi connectivity index (χ0n) is 21.6. The average Bonchev–Trinajstić information content (AvgIpc) is 3.62. The molecule has 3 N–H and O–H groups in total. The van der Waals surface area contributed by atoms with E-state index < -0.39 is 60.6 Å². The number of hydrogen-bond acceptors (Lipinski definition) is 9. The van der Waals surface area contributed by atoms with E-state index in [4.69, 9.17) is 14.3 Å². The molecule has 1 unspecified atom stereocenters. The van der Waals surface area contributed by atoms with Crippen LogP contribution in [0.2, 0.25) is 0 Å². The van der Waals surface area contributed by atoms with Gasteiger partial charge in [0.1, 0.15) is 36.2 Å². The van der Waals surface area contributed by atoms with Crippen molar-refractivity contribution in [3.63, 3.8) is 0 Å². The molecule has 0 aliphatic carbocycles. The number of aliphatic hydroxyl groups excluding tert-OH is 2. The van der Waals surface area contributed by atoms with Gasteiger partial charge in [0, 0.05) is 44.5 Å². The lowest BCUT2D eigenvalue weighted by Crippen LogP contribution is -2.57. The molecule has 6 atom stereocenters. The number of likely N-dealkylation sites (tertiary alicyclic amines) is 1. The fourth-order valence-electron chi connectivity index (χ4n) is 5.71. The molecule has 3 aliphatic heterocycles. The molecule has 218 valence electrons. The third kappa shape index (κ3) is 5.38. The van der Waals surface area contributed by atoms with Gasteiger partial charge < -0.3 is 34.5 Å². The summed E-state index contributed by atoms with van der Waals surface area (Å²) in [5.74, 6) is -4.29. The second kappa shape index (κ2) is 11.7. The lowest BCUT2D eigenvalue weighted by atomic mass is 9.86. The molecule has 0 radical (unpaired) electrons. The largest absolute Gasteiger partial charge is 0.465 e. The third-order valence-corrected chi connectivity index (χ3v) is 7.85. The van der Waals surface area contributed by atoms with E-state index in [1.807, 2.05) is 0 Å². The summed E-state index contributed by atoms with van der Waals surface area (Å²) in [5.41, 5.74) is 0.451. The highest BCUT2D eigenvalue weighted by molar-refractivity contribution is 5.88. The Labute approximate surface area is 226 Å². The normalized spacial score (nSPS) is 29.4. The fraction of sp³-hybridized carbons (Fsp3) is 0.600. The summed E-state index contributed by atoms with van der Waals surface area (Å²) in [6.45, 7) is 0.333. The predicted molar refractivity (Wildman–Crippen MR) is 131 cm³/mol. The molecule has 12 nitrogen and oxygen atoms in total. The molecule has 15 heteroatoms. The minimum atomic E-state index is -1.64. The van der Waals surface area contributed by atoms with Crippen LogP contribution in [0.25, 0.3) is 11.3 Å². The van der Waals surface area contributed by atoms with Crippen molar-refractivity contribution < 1.29 is 47.6 Å². The van der Waals surface area contributed by atoms with Gasteiger partial charge >= 0.3 is 6.09 Å². The number of piperidine rings is 1. The summed E-state index contributed by atoms with van der Waals surface area (Å²) < 4.78 is 54.5. The van der Waals surface area contributed by atoms with E-state index in [1.54, 1.807) is 0 Å². The van der Waals surface area contributed by atoms with E-state index in [0.29, 0.717) is 38.8 Å². The monoisotopic (exact) mass is 569 g/mol. The van der Waals surface area contributed by atoms with Crippen LogP contribution in [-0.2, 0) is 14.3 Å². The summed E-state index contributed by atoms with van der Waals surface area (Å²) >= 11 is 0. The maximum absolute atomic E-state index is 14.4. The van der Waals surface area contributed by atoms with Crippen molar-refractivity contribution in [3.8, 4) is 11.3 Å². The molecule has 1 aromatic heterocycles. The van der Waals surface area contributed by atoms with E-state index in [-0.39, 0.29) is 23.3 Å². The number of oxime groups is 1. The molecule has 2 saturated heterocycles. The number of ether oxygens (including phenoxy) is 2. The van der Waals surface area contributed by atoms with Crippen molar-refractivity contribution in [3.05, 3.63) is 35.8 Å². The Hall–Kier alpha value is -3.27. The topological polar surface area (TPSA) is 152 Å². The van der Waals surface area contributed by atoms with Gasteiger partial charge in [-0.15, -0.1) is 5.10 Å². The van der Waals surface area contributed by atoms with Crippen molar-refractivity contribution in [1.82, 2.24) is 19.9 Å². The highest BCUT2D eigenvalue weighted by atomic mass is 19.2. The molecule has 4 heterocycles. The summed E-state index contributed by atoms with van der Waals surface area (Å²) in [6, 6.07) is 0.882. The van der Waals surface area contributed by atoms with Crippen LogP contribution in [0.1, 0.15) is 31.7 Å². The van der Waals surface area contributed by atoms with Crippen LogP contribution < -0.4 is 0 Å². The fourth-order valence-corrected chi connectivity index (χ4v) is 5.71. The number of aliphatic hydroxyl groups is 2. The first-order valence-electron chi connectivity index (χ1n) is 12.9. The lowest BCUT2D eigenvalue weighted by molar-refractivity contribution is -0.219. The summed E-state index contributed by atoms with van der Waals surface area (Å²) in [4.78, 5) is 18.2. The van der Waals surface area contributed by atoms with Gasteiger partial charge in [-0.2, -0.15) is 0 Å². The van der Waals surface area contributed by atoms with E-state index in [1.165, 1.54) is 22.9 Å². The van der Waals surface area contributed by atoms with Crippen LogP contribution in [0.15, 0.2) is 23.5 Å². The molecular weight excluding hydrogens is 539 g/mol. The number of carboxylic acid groups (broad SMARTS) is 1. The van der Waals surface area contributed by atoms with E-state index >= 15 is 0 Å². The van der Waals surface area contributed by atoms with Crippen molar-refractivity contribution in [2.45, 2.75) is 62.2 Å². The molecule has 1 amide bonds. The molecule has 1 aromatic carbocycles. The molecule has 0 spiro atoms. The minimum Gasteiger partial charge on any atom is -0.465 e. The van der Waals surface area contributed by atoms with Crippen molar-refractivity contribution in [1.29, 1.82) is 0 Å². The number of methoxy groups -OCH3 is 1. The maximum Gasteiger partial charge on any atom is 0.407 e. The minimum absolute atomic E-state index is 0.0897. The Morgan fingerprint density at radius 2 is 1.93 bits per heavy atom. The summed E-state index contributed by atoms with van der Waals surface area (Å²) in [5, 5.41) is 42.2. The van der Waals surface area contributed by atoms with Gasteiger partial charge in [0.25, 0.3) is 0 Å². The lowest BCUT2D eigenvalue weighted by Gasteiger charge is -2.44. The molecule has 2 fully saturated rings. The maximum atomic E-state index is 14.4. The summed E-state index contributed by atoms with van der Waals surface area (Å²) in [7, 11) is 1.42. The van der Waals surface area contributed by atoms with Crippen molar-refractivity contribution in [2.24, 2.45) is 11.1 Å². The first-order chi connectivity index (χ1) is 19.2. The zero-order chi connectivity index (χ0) is 28.6. The van der Waals surface area contributed by atoms with Crippen molar-refractivity contribution in [2.75, 3.05) is 26.8 Å². The highest BCUT2D eigenvalue weighted by Crippen LogP contribution is 2.36. The van der Waals surface area contributed by atoms with Gasteiger partial charge in [-0.05, 0) is 25.0 Å². The molecule has 40 heavy (non-hydrogen) atoms. The number of hydrogen-bond donors (Lipinski definition) is 3. The number of carbonyl (C=O) groups is 1. The number of nitrogens with zero attached hydrogens (tertiary/aromatic N) is 5. The summed E-state index contributed by atoms with van der Waals surface area (Å²) in [6.07, 6.45) is -1.76. The number of benzene rings is 1. The van der Waals surface area contributed by atoms with Gasteiger partial charge in [0.2, 0.25) is 0 Å². The highest BCUT2D eigenvalue weighted by Gasteiger charge is 2.48. The SMILES string of the molecule is CO[C@@H]1[C@@H](n2cc(-c3ccc(F)c(F)c3F)nn2)[C@@H](O)[C@@H](CO)O[C@@H]1CC1CC(C2CCN(C(=O)O)CC2)=NO1. The number of aromatic nitrogens is 3. The second-order valence-corrected chi connectivity index (χ2v) is 10.2. The number of amides is 1. The molecule has 0 bridgehead atoms. The smallest absolute Gasteiger partial charge is 0.407 e. The van der Waals surface area contributed by atoms with Crippen LogP contribution in [0.5, 0.6) is 0 Å². The molecular formula is C25H30F3N5O7. The first kappa shape index (κ1) is 28.3. The van der Waals surface area contributed by atoms with Gasteiger partial charge in [0.05, 0.1) is 24.6 Å². The molecule has 3 aliphatic rings. The third-order valence-electron chi connectivity index (χ3n) is 7.85. The van der Waals surface area contributed by atoms with Gasteiger partial charge in [0.15, 0.2) is 17.5 Å². The standard InChI is InChI=1S/C25H30F3N5O7/c1-38-24-18(9-13-8-16(30-40-13)12-4-6-32(7-5-12)25(36)37)39-19(11-34)23(35)22(24)33-10-17(29-31-33)14-2-3-15(26)21(28)20(14)27/h2-3,10,12-13,18-19,22-24,34-35H,4-9,11H2,1H3,(H,36,37)/t13?,18-,19-,22+,23+,24+/m1/s1. The van der Waals surface area contributed by atoms with Gasteiger partial charge in [-0.1, -0.05) is 10.4 Å². The van der Waals surface area contributed by atoms with Crippen LogP contribution >= 0.6 is 0 Å². The van der Waals surface area contributed by atoms with E-state index in [9.17, 15) is 33.3 Å². The number of halogens is 3. The zero-order valence-corrected chi connectivity index (χ0v) is 21.6. The second-order valence-electron chi connectivity index (χ2n) is 10.2. The van der Waals surface area contributed by atoms with E-state index in [2.05, 4.69) is 15.5 Å². The average molecular weight is 570 g/mol. The van der Waals surface area contributed by atoms with Gasteiger partial charge in [-0.25, -0.2) is 22.6 Å². The molecule has 5 rings (SSSR count). The van der Waals surface area contributed by atoms with Gasteiger partial charge in [-0.3, -0.25) is 0 Å². The van der Waals surface area contributed by atoms with Crippen LogP contribution in [0.3, 0.4) is 0 Å². The van der Waals surface area contributed by atoms with Crippen LogP contribution in [0.4, 0.5) is 18.0 Å². The van der Waals surface area contributed by atoms with E-state index in [0.717, 1.165) is 17.8 Å². The molecule has 2 aromatic rings. The Kier molecular flexibility index (Phi) is 8.26. The Morgan fingerprint density at radius 1 is 1.18 bits per heavy atom. The van der Waals surface area contributed by atoms with Crippen molar-refractivity contribution >= 4 is 11.8 Å². The molecule has 0 saturated carbocycles. The Balaban J connectivity index is 1.30. The Morgan fingerprint density at radius 3 is 2.60 bits per heavy atom. The quantitative estimate of drug-likeness (QED) is 0.425. The Bertz CT molecular complexity index is 1260. The van der Waals surface area contributed by atoms with Crippen LogP contribution in [0, 0.1) is 23.4 Å². The van der Waals surface area contributed by atoms with Crippen LogP contribution in [-0.4, -0.2) is 104 Å². The first-order valence-corrected chi connectivity index (χ1v) is 12.9. The number of rotatable bonds is 7.